The number of nitrogens with zero attached hydrogens (tertiary/aromatic N) is 1. The van der Waals surface area contributed by atoms with Crippen LogP contribution in [0.15, 0.2) is 133 Å². The van der Waals surface area contributed by atoms with E-state index in [1.165, 1.54) is 12.0 Å². The number of esters is 1. The summed E-state index contributed by atoms with van der Waals surface area (Å²) in [6.07, 6.45) is -0.239. The summed E-state index contributed by atoms with van der Waals surface area (Å²) in [6, 6.07) is 40.1. The molecule has 6 rings (SSSR count). The molecule has 0 unspecified atom stereocenters. The molecule has 5 aromatic rings. The van der Waals surface area contributed by atoms with Crippen LogP contribution in [0.3, 0.4) is 0 Å². The number of methoxy groups -OCH3 is 1. The van der Waals surface area contributed by atoms with Gasteiger partial charge in [-0.05, 0) is 45.5 Å². The molecule has 0 fully saturated rings. The van der Waals surface area contributed by atoms with Crippen molar-refractivity contribution in [3.63, 3.8) is 0 Å². The Kier molecular flexibility index (Phi) is 11.6. The summed E-state index contributed by atoms with van der Waals surface area (Å²) in [5.74, 6) is -0.0602. The average molecular weight is 685 g/mol. The van der Waals surface area contributed by atoms with Crippen molar-refractivity contribution in [2.24, 2.45) is 0 Å². The molecule has 0 spiro atoms. The van der Waals surface area contributed by atoms with Gasteiger partial charge in [0, 0.05) is 12.8 Å². The van der Waals surface area contributed by atoms with Crippen LogP contribution in [0.2, 0.25) is 0 Å². The molecule has 0 aliphatic carbocycles. The Balaban J connectivity index is 1.20. The number of hydrogen-bond donors (Lipinski definition) is 1. The van der Waals surface area contributed by atoms with Crippen molar-refractivity contribution in [1.29, 1.82) is 0 Å². The quantitative estimate of drug-likeness (QED) is 0.136. The van der Waals surface area contributed by atoms with E-state index < -0.39 is 30.1 Å². The van der Waals surface area contributed by atoms with Gasteiger partial charge >= 0.3 is 12.1 Å². The van der Waals surface area contributed by atoms with Crippen molar-refractivity contribution in [3.8, 4) is 11.5 Å². The molecule has 260 valence electrons. The number of nitrogens with one attached hydrogen (secondary N) is 1. The number of amides is 2. The van der Waals surface area contributed by atoms with E-state index in [9.17, 15) is 14.4 Å². The third-order valence-corrected chi connectivity index (χ3v) is 8.72. The molecule has 1 heterocycles. The maximum Gasteiger partial charge on any atom is 0.411 e. The van der Waals surface area contributed by atoms with E-state index in [2.05, 4.69) is 5.32 Å². The second-order valence-corrected chi connectivity index (χ2v) is 12.3. The van der Waals surface area contributed by atoms with Gasteiger partial charge in [-0.3, -0.25) is 9.69 Å². The summed E-state index contributed by atoms with van der Waals surface area (Å²) < 4.78 is 23.2. The van der Waals surface area contributed by atoms with Gasteiger partial charge in [0.2, 0.25) is 5.91 Å². The number of benzene rings is 5. The van der Waals surface area contributed by atoms with E-state index >= 15 is 0 Å². The van der Waals surface area contributed by atoms with Gasteiger partial charge in [0.1, 0.15) is 31.9 Å². The molecular weight excluding hydrogens is 644 g/mol. The van der Waals surface area contributed by atoms with E-state index in [-0.39, 0.29) is 26.0 Å². The predicted octanol–water partition coefficient (Wildman–Crippen LogP) is 6.81. The topological polar surface area (TPSA) is 103 Å². The van der Waals surface area contributed by atoms with Crippen LogP contribution in [0.1, 0.15) is 33.4 Å². The summed E-state index contributed by atoms with van der Waals surface area (Å²) in [5.41, 5.74) is 5.42. The highest BCUT2D eigenvalue weighted by atomic mass is 16.6. The third-order valence-electron chi connectivity index (χ3n) is 8.72. The minimum Gasteiger partial charge on any atom is -0.485 e. The van der Waals surface area contributed by atoms with E-state index in [1.807, 2.05) is 127 Å². The Morgan fingerprint density at radius 3 is 1.82 bits per heavy atom. The van der Waals surface area contributed by atoms with Crippen LogP contribution in [0, 0.1) is 0 Å². The zero-order chi connectivity index (χ0) is 35.4. The van der Waals surface area contributed by atoms with Gasteiger partial charge in [0.25, 0.3) is 0 Å². The van der Waals surface area contributed by atoms with Gasteiger partial charge in [0.05, 0.1) is 13.7 Å². The first-order valence-electron chi connectivity index (χ1n) is 16.9. The summed E-state index contributed by atoms with van der Waals surface area (Å²) in [6.45, 7) is 0.911. The molecule has 0 radical (unpaired) electrons. The molecule has 9 nitrogen and oxygen atoms in total. The minimum atomic E-state index is -1.04. The lowest BCUT2D eigenvalue weighted by atomic mass is 9.93. The molecule has 0 saturated heterocycles. The normalized spacial score (nSPS) is 14.1. The first-order chi connectivity index (χ1) is 25.0. The van der Waals surface area contributed by atoms with E-state index in [1.54, 1.807) is 6.07 Å². The second kappa shape index (κ2) is 17.0. The molecule has 0 bridgehead atoms. The van der Waals surface area contributed by atoms with Crippen molar-refractivity contribution in [2.75, 3.05) is 7.11 Å². The Hall–Kier alpha value is -6.09. The van der Waals surface area contributed by atoms with E-state index in [4.69, 9.17) is 18.9 Å². The number of hydrogen-bond acceptors (Lipinski definition) is 7. The first-order valence-corrected chi connectivity index (χ1v) is 16.9. The fourth-order valence-electron chi connectivity index (χ4n) is 5.97. The fraction of sp³-hybridized carbons (Fsp3) is 0.214. The summed E-state index contributed by atoms with van der Waals surface area (Å²) in [4.78, 5) is 42.0. The zero-order valence-corrected chi connectivity index (χ0v) is 28.4. The largest absolute Gasteiger partial charge is 0.485 e. The average Bonchev–Trinajstić information content (AvgIpc) is 3.18. The van der Waals surface area contributed by atoms with Gasteiger partial charge in [-0.2, -0.15) is 0 Å². The van der Waals surface area contributed by atoms with Gasteiger partial charge in [0.15, 0.2) is 11.5 Å². The Morgan fingerprint density at radius 2 is 1.22 bits per heavy atom. The molecule has 9 heteroatoms. The van der Waals surface area contributed by atoms with Crippen molar-refractivity contribution in [2.45, 2.75) is 51.3 Å². The fourth-order valence-corrected chi connectivity index (χ4v) is 5.97. The lowest BCUT2D eigenvalue weighted by molar-refractivity contribution is -0.145. The maximum atomic E-state index is 14.0. The summed E-state index contributed by atoms with van der Waals surface area (Å²) in [7, 11) is 1.28. The number of carbonyl (C=O) groups excluding carboxylic acids is 3. The van der Waals surface area contributed by atoms with Crippen molar-refractivity contribution >= 4 is 18.0 Å². The molecular formula is C42H40N2O7. The SMILES string of the molecule is COC(=O)[C@H](Cc1ccc(OCc2ccccc2)c(OCc2ccccc2)c1)NC(=O)[C@@H]1Cc2ccccc2CN1C(=O)OCc1ccccc1. The highest BCUT2D eigenvalue weighted by Gasteiger charge is 2.37. The molecule has 1 aliphatic rings. The van der Waals surface area contributed by atoms with Crippen LogP contribution in [0.4, 0.5) is 4.79 Å². The highest BCUT2D eigenvalue weighted by Crippen LogP contribution is 2.31. The molecule has 2 atom stereocenters. The Bertz CT molecular complexity index is 1920. The monoisotopic (exact) mass is 684 g/mol. The van der Waals surface area contributed by atoms with Gasteiger partial charge < -0.3 is 24.3 Å². The maximum absolute atomic E-state index is 14.0. The summed E-state index contributed by atoms with van der Waals surface area (Å²) in [5, 5.41) is 2.88. The molecule has 1 aliphatic heterocycles. The molecule has 0 saturated carbocycles. The van der Waals surface area contributed by atoms with Crippen LogP contribution >= 0.6 is 0 Å². The highest BCUT2D eigenvalue weighted by molar-refractivity contribution is 5.90. The van der Waals surface area contributed by atoms with Gasteiger partial charge in [-0.1, -0.05) is 121 Å². The molecule has 5 aromatic carbocycles. The molecule has 51 heavy (non-hydrogen) atoms. The first kappa shape index (κ1) is 34.8. The van der Waals surface area contributed by atoms with Crippen molar-refractivity contribution in [1.82, 2.24) is 10.2 Å². The number of carbonyl (C=O) groups is 3. The van der Waals surface area contributed by atoms with Gasteiger partial charge in [-0.15, -0.1) is 0 Å². The van der Waals surface area contributed by atoms with Gasteiger partial charge in [-0.25, -0.2) is 9.59 Å². The lowest BCUT2D eigenvalue weighted by Crippen LogP contribution is -2.56. The molecule has 2 amide bonds. The standard InChI is InChI=1S/C42H40N2O7/c1-48-41(46)36(23-33-21-22-38(49-27-30-13-5-2-6-14-30)39(24-33)50-28-31-15-7-3-8-16-31)43-40(45)37-25-34-19-11-12-20-35(34)26-44(37)42(47)51-29-32-17-9-4-10-18-32/h2-22,24,36-37H,23,25-29H2,1H3,(H,43,45)/t36-,37-/m0/s1. The van der Waals surface area contributed by atoms with Crippen LogP contribution in [-0.2, 0) is 58.3 Å². The smallest absolute Gasteiger partial charge is 0.411 e. The van der Waals surface area contributed by atoms with Crippen LogP contribution < -0.4 is 14.8 Å². The lowest BCUT2D eigenvalue weighted by Gasteiger charge is -2.35. The van der Waals surface area contributed by atoms with Crippen LogP contribution in [0.5, 0.6) is 11.5 Å². The predicted molar refractivity (Wildman–Crippen MR) is 192 cm³/mol. The van der Waals surface area contributed by atoms with Crippen LogP contribution in [-0.4, -0.2) is 42.1 Å². The molecule has 1 N–H and O–H groups in total. The number of fused-ring (bicyclic) bond motifs is 1. The van der Waals surface area contributed by atoms with E-state index in [0.717, 1.165) is 27.8 Å². The number of ether oxygens (including phenoxy) is 4. The van der Waals surface area contributed by atoms with E-state index in [0.29, 0.717) is 30.3 Å². The Morgan fingerprint density at radius 1 is 0.667 bits per heavy atom. The third kappa shape index (κ3) is 9.33. The van der Waals surface area contributed by atoms with Crippen molar-refractivity contribution < 1.29 is 33.3 Å². The zero-order valence-electron chi connectivity index (χ0n) is 28.4. The Labute approximate surface area is 297 Å². The summed E-state index contributed by atoms with van der Waals surface area (Å²) >= 11 is 0. The molecule has 0 aromatic heterocycles. The van der Waals surface area contributed by atoms with Crippen molar-refractivity contribution in [3.05, 3.63) is 167 Å². The van der Waals surface area contributed by atoms with Crippen LogP contribution in [0.25, 0.3) is 0 Å². The second-order valence-electron chi connectivity index (χ2n) is 12.3. The minimum absolute atomic E-state index is 0.0662. The number of rotatable bonds is 13.